The van der Waals surface area contributed by atoms with Crippen molar-refractivity contribution in [1.82, 2.24) is 0 Å². The Kier molecular flexibility index (Phi) is 6.88. The predicted molar refractivity (Wildman–Crippen MR) is 178 cm³/mol. The Morgan fingerprint density at radius 2 is 0.644 bits per heavy atom. The summed E-state index contributed by atoms with van der Waals surface area (Å²) in [6.45, 7) is 0. The summed E-state index contributed by atoms with van der Waals surface area (Å²) in [7, 11) is 0. The second kappa shape index (κ2) is 11.3. The van der Waals surface area contributed by atoms with Gasteiger partial charge in [0.15, 0.2) is 0 Å². The summed E-state index contributed by atoms with van der Waals surface area (Å²) < 4.78 is 13.1. The summed E-state index contributed by atoms with van der Waals surface area (Å²) in [6, 6.07) is 47.7. The van der Waals surface area contributed by atoms with E-state index in [1.54, 1.807) is 12.1 Å². The van der Waals surface area contributed by atoms with E-state index in [4.69, 9.17) is 6.13 Å². The first-order valence-electron chi connectivity index (χ1n) is 14.6. The van der Waals surface area contributed by atoms with Gasteiger partial charge >= 0.3 is 272 Å². The van der Waals surface area contributed by atoms with Crippen LogP contribution < -0.4 is 28.2 Å². The van der Waals surface area contributed by atoms with E-state index in [9.17, 15) is 10.2 Å². The van der Waals surface area contributed by atoms with E-state index in [1.807, 2.05) is 109 Å². The topological polar surface area (TPSA) is 58.9 Å². The molecule has 0 aliphatic heterocycles. The van der Waals surface area contributed by atoms with Gasteiger partial charge in [-0.25, -0.2) is 0 Å². The molecule has 0 aromatic heterocycles. The molecule has 0 spiro atoms. The van der Waals surface area contributed by atoms with Crippen LogP contribution in [0.1, 0.15) is 0 Å². The van der Waals surface area contributed by atoms with Crippen molar-refractivity contribution in [2.45, 2.75) is 0 Å². The number of aromatic hydroxyl groups is 2. The molecule has 0 bridgehead atoms. The van der Waals surface area contributed by atoms with Gasteiger partial charge in [-0.2, -0.15) is 0 Å². The Bertz CT molecular complexity index is 2230. The van der Waals surface area contributed by atoms with Gasteiger partial charge < -0.3 is 0 Å². The van der Waals surface area contributed by atoms with Gasteiger partial charge in [0.25, 0.3) is 0 Å². The Labute approximate surface area is 271 Å². The molecule has 4 nitrogen and oxygen atoms in total. The third-order valence-corrected chi connectivity index (χ3v) is 9.63. The fourth-order valence-corrected chi connectivity index (χ4v) is 7.49. The second-order valence-corrected chi connectivity index (χ2v) is 12.1. The van der Waals surface area contributed by atoms with Crippen LogP contribution in [0.4, 0.5) is 0 Å². The van der Waals surface area contributed by atoms with E-state index in [2.05, 4.69) is 24.3 Å². The third kappa shape index (κ3) is 4.76. The first-order chi connectivity index (χ1) is 22.2. The molecule has 0 heterocycles. The summed E-state index contributed by atoms with van der Waals surface area (Å²) in [5, 5.41) is 30.5. The van der Waals surface area contributed by atoms with E-state index in [0.29, 0.717) is 11.5 Å². The molecule has 0 atom stereocenters. The van der Waals surface area contributed by atoms with E-state index < -0.39 is 22.0 Å². The summed E-state index contributed by atoms with van der Waals surface area (Å²) >= 11 is -1.33. The van der Waals surface area contributed by atoms with Gasteiger partial charge in [-0.05, 0) is 0 Å². The standard InChI is InChI=1S/C40H26IO4/c42-33-21-17-25-9-1-5-13-29(25)37(33)39-31-15-7-3-11-27(31)19-23-35(39)44-41-45-36-24-20-28-12-4-8-16-32(28)40(36)38-30-14-6-2-10-26(30)18-22-34(38)43/h1-24,42-43H/q-1. The molecule has 8 aromatic rings. The zero-order valence-electron chi connectivity index (χ0n) is 23.9. The van der Waals surface area contributed by atoms with Gasteiger partial charge in [0.2, 0.25) is 0 Å². The summed E-state index contributed by atoms with van der Waals surface area (Å²) in [5.41, 5.74) is 3.12. The number of fused-ring (bicyclic) bond motifs is 4. The van der Waals surface area contributed by atoms with E-state index in [1.165, 1.54) is 0 Å². The molecule has 218 valence electrons. The maximum atomic E-state index is 11.2. The van der Waals surface area contributed by atoms with Crippen LogP contribution in [0, 0.1) is 0 Å². The molecule has 0 aliphatic carbocycles. The average Bonchev–Trinajstić information content (AvgIpc) is 3.08. The monoisotopic (exact) mass is 697 g/mol. The van der Waals surface area contributed by atoms with E-state index in [0.717, 1.165) is 65.3 Å². The minimum absolute atomic E-state index is 0.192. The SMILES string of the molecule is Oc1ccc2ccccc2c1-c1c(O[I-]Oc2ccc3ccccc3c2-c2c(O)ccc3ccccc23)ccc2ccccc12. The van der Waals surface area contributed by atoms with Crippen molar-refractivity contribution >= 4 is 43.1 Å². The molecule has 0 saturated carbocycles. The van der Waals surface area contributed by atoms with Crippen LogP contribution in [0.3, 0.4) is 0 Å². The van der Waals surface area contributed by atoms with Crippen LogP contribution >= 0.6 is 0 Å². The minimum atomic E-state index is -1.33. The van der Waals surface area contributed by atoms with Gasteiger partial charge in [0.1, 0.15) is 0 Å². The molecule has 8 aromatic carbocycles. The molecule has 0 amide bonds. The number of phenols is 2. The van der Waals surface area contributed by atoms with Crippen LogP contribution in [-0.2, 0) is 0 Å². The molecular weight excluding hydrogens is 671 g/mol. The average molecular weight is 698 g/mol. The van der Waals surface area contributed by atoms with Crippen LogP contribution in [0.15, 0.2) is 146 Å². The Morgan fingerprint density at radius 1 is 0.333 bits per heavy atom. The maximum absolute atomic E-state index is 11.2. The molecule has 0 saturated heterocycles. The number of hydrogen-bond donors (Lipinski definition) is 2. The van der Waals surface area contributed by atoms with Gasteiger partial charge in [0, 0.05) is 0 Å². The van der Waals surface area contributed by atoms with Crippen molar-refractivity contribution in [3.63, 3.8) is 0 Å². The van der Waals surface area contributed by atoms with Gasteiger partial charge in [-0.15, -0.1) is 0 Å². The Morgan fingerprint density at radius 3 is 1.02 bits per heavy atom. The molecule has 8 rings (SSSR count). The molecule has 45 heavy (non-hydrogen) atoms. The van der Waals surface area contributed by atoms with Crippen molar-refractivity contribution in [1.29, 1.82) is 0 Å². The van der Waals surface area contributed by atoms with Crippen LogP contribution in [0.5, 0.6) is 23.0 Å². The van der Waals surface area contributed by atoms with Crippen LogP contribution in [0.25, 0.3) is 65.3 Å². The van der Waals surface area contributed by atoms with E-state index >= 15 is 0 Å². The molecule has 2 N–H and O–H groups in total. The molecular formula is C40H26IO4-. The van der Waals surface area contributed by atoms with Gasteiger partial charge in [0.05, 0.1) is 0 Å². The molecule has 0 unspecified atom stereocenters. The van der Waals surface area contributed by atoms with Crippen molar-refractivity contribution in [2.75, 3.05) is 0 Å². The normalized spacial score (nSPS) is 11.5. The fourth-order valence-electron chi connectivity index (χ4n) is 6.28. The molecule has 0 radical (unpaired) electrons. The number of rotatable bonds is 6. The fraction of sp³-hybridized carbons (Fsp3) is 0. The van der Waals surface area contributed by atoms with Crippen molar-refractivity contribution in [2.24, 2.45) is 0 Å². The van der Waals surface area contributed by atoms with Crippen LogP contribution in [0.2, 0.25) is 0 Å². The summed E-state index contributed by atoms with van der Waals surface area (Å²) in [4.78, 5) is 0. The first-order valence-corrected chi connectivity index (χ1v) is 16.4. The number of hydrogen-bond acceptors (Lipinski definition) is 4. The van der Waals surface area contributed by atoms with Gasteiger partial charge in [-0.1, -0.05) is 0 Å². The summed E-state index contributed by atoms with van der Waals surface area (Å²) in [5.74, 6) is 1.67. The molecule has 5 heteroatoms. The number of benzene rings is 8. The second-order valence-electron chi connectivity index (χ2n) is 10.9. The molecule has 0 aliphatic rings. The van der Waals surface area contributed by atoms with E-state index in [-0.39, 0.29) is 11.5 Å². The predicted octanol–water partition coefficient (Wildman–Crippen LogP) is 7.42. The third-order valence-electron chi connectivity index (χ3n) is 8.32. The van der Waals surface area contributed by atoms with Crippen LogP contribution in [-0.4, -0.2) is 10.2 Å². The van der Waals surface area contributed by atoms with Crippen molar-refractivity contribution in [3.05, 3.63) is 146 Å². The number of phenolic OH excluding ortho intramolecular Hbond substituents is 2. The molecule has 0 fully saturated rings. The zero-order chi connectivity index (χ0) is 30.3. The first kappa shape index (κ1) is 27.3. The van der Waals surface area contributed by atoms with Crippen molar-refractivity contribution in [3.8, 4) is 45.3 Å². The van der Waals surface area contributed by atoms with Crippen molar-refractivity contribution < 1.29 is 38.4 Å². The van der Waals surface area contributed by atoms with Gasteiger partial charge in [-0.3, -0.25) is 0 Å². The Hall–Kier alpha value is -5.27. The Balaban J connectivity index is 1.25. The quantitative estimate of drug-likeness (QED) is 0.178. The summed E-state index contributed by atoms with van der Waals surface area (Å²) in [6.07, 6.45) is 0. The number of halogens is 1. The zero-order valence-corrected chi connectivity index (χ0v) is 26.1.